The van der Waals surface area contributed by atoms with Gasteiger partial charge < -0.3 is 29.7 Å². The van der Waals surface area contributed by atoms with E-state index in [1.807, 2.05) is 20.8 Å². The Labute approximate surface area is 260 Å². The summed E-state index contributed by atoms with van der Waals surface area (Å²) in [5.41, 5.74) is 0.518. The molecule has 0 radical (unpaired) electrons. The Hall–Kier alpha value is -3.26. The molecule has 0 spiro atoms. The molecule has 0 unspecified atom stereocenters. The number of esters is 3. The highest BCUT2D eigenvalue weighted by molar-refractivity contribution is 8.76. The summed E-state index contributed by atoms with van der Waals surface area (Å²) in [6.45, 7) is 8.78. The number of hydrogen-bond donors (Lipinski definition) is 2. The van der Waals surface area contributed by atoms with Crippen molar-refractivity contribution in [3.05, 3.63) is 29.8 Å². The van der Waals surface area contributed by atoms with Crippen LogP contribution in [0.15, 0.2) is 24.3 Å². The van der Waals surface area contributed by atoms with Crippen LogP contribution in [0.1, 0.15) is 58.9 Å². The highest BCUT2D eigenvalue weighted by Crippen LogP contribution is 2.35. The van der Waals surface area contributed by atoms with Crippen LogP contribution in [0.5, 0.6) is 5.75 Å². The van der Waals surface area contributed by atoms with E-state index in [0.717, 1.165) is 5.56 Å². The monoisotopic (exact) mass is 639 g/mol. The zero-order valence-electron chi connectivity index (χ0n) is 25.6. The quantitative estimate of drug-likeness (QED) is 0.141. The fourth-order valence-electron chi connectivity index (χ4n) is 4.61. The number of likely N-dealkylation sites (tertiary alicyclic amines) is 1. The van der Waals surface area contributed by atoms with Gasteiger partial charge in [-0.15, -0.1) is 0 Å². The van der Waals surface area contributed by atoms with E-state index in [1.165, 1.54) is 54.6 Å². The summed E-state index contributed by atoms with van der Waals surface area (Å²) >= 11 is 0. The van der Waals surface area contributed by atoms with Crippen molar-refractivity contribution in [2.75, 3.05) is 32.3 Å². The van der Waals surface area contributed by atoms with Crippen molar-refractivity contribution in [3.63, 3.8) is 0 Å². The lowest BCUT2D eigenvalue weighted by Gasteiger charge is -2.28. The third-order valence-electron chi connectivity index (χ3n) is 6.51. The molecule has 0 aromatic heterocycles. The molecule has 2 N–H and O–H groups in total. The van der Waals surface area contributed by atoms with Gasteiger partial charge in [0.2, 0.25) is 17.7 Å². The topological polar surface area (TPSA) is 157 Å². The van der Waals surface area contributed by atoms with E-state index in [2.05, 4.69) is 10.6 Å². The van der Waals surface area contributed by atoms with Crippen molar-refractivity contribution >= 4 is 57.2 Å². The van der Waals surface area contributed by atoms with E-state index >= 15 is 0 Å². The zero-order valence-corrected chi connectivity index (χ0v) is 27.2. The van der Waals surface area contributed by atoms with Crippen molar-refractivity contribution in [1.82, 2.24) is 15.5 Å². The molecular formula is C29H41N3O9S2. The molecule has 1 aromatic carbocycles. The minimum atomic E-state index is -1.04. The maximum Gasteiger partial charge on any atom is 0.329 e. The van der Waals surface area contributed by atoms with Gasteiger partial charge in [-0.1, -0.05) is 54.5 Å². The summed E-state index contributed by atoms with van der Waals surface area (Å²) in [4.78, 5) is 76.0. The number of amides is 3. The fourth-order valence-corrected chi connectivity index (χ4v) is 6.90. The lowest BCUT2D eigenvalue weighted by Crippen LogP contribution is -2.53. The van der Waals surface area contributed by atoms with Gasteiger partial charge in [-0.3, -0.25) is 19.2 Å². The van der Waals surface area contributed by atoms with E-state index in [1.54, 1.807) is 24.3 Å². The Bertz CT molecular complexity index is 1170. The molecule has 0 saturated carbocycles. The molecule has 0 bridgehead atoms. The molecule has 2 rings (SSSR count). The van der Waals surface area contributed by atoms with Gasteiger partial charge in [0.05, 0.1) is 14.2 Å². The van der Waals surface area contributed by atoms with Crippen LogP contribution in [0.3, 0.4) is 0 Å². The van der Waals surface area contributed by atoms with E-state index in [-0.39, 0.29) is 41.1 Å². The highest BCUT2D eigenvalue weighted by Gasteiger charge is 2.42. The number of nitrogens with one attached hydrogen (secondary N) is 2. The summed E-state index contributed by atoms with van der Waals surface area (Å²) < 4.78 is 14.8. The molecule has 4 atom stereocenters. The van der Waals surface area contributed by atoms with E-state index < -0.39 is 41.9 Å². The van der Waals surface area contributed by atoms with E-state index in [9.17, 15) is 28.8 Å². The van der Waals surface area contributed by atoms with E-state index in [4.69, 9.17) is 14.2 Å². The largest absolute Gasteiger partial charge is 0.467 e. The molecule has 1 fully saturated rings. The standard InChI is InChI=1S/C29H41N3O9S2/c1-17(33)32-13-12-21(19-8-10-20(11-9-19)41-18(2)34)25(32)26(36)31-23(28(38)40-7)16-43-42-15-22(27(37)39-6)30-24(35)14-29(3,4)5/h8-11,21-23,25H,12-16H2,1-7H3,(H,30,35)(H,31,36)/t21-,22+,23+,25+/m1/s1. The Balaban J connectivity index is 2.10. The average molecular weight is 640 g/mol. The van der Waals surface area contributed by atoms with Gasteiger partial charge >= 0.3 is 17.9 Å². The van der Waals surface area contributed by atoms with E-state index in [0.29, 0.717) is 18.7 Å². The summed E-state index contributed by atoms with van der Waals surface area (Å²) in [7, 11) is 4.89. The molecule has 238 valence electrons. The lowest BCUT2D eigenvalue weighted by molar-refractivity contribution is -0.145. The highest BCUT2D eigenvalue weighted by atomic mass is 33.1. The molecule has 1 aromatic rings. The Morgan fingerprint density at radius 1 is 0.907 bits per heavy atom. The lowest BCUT2D eigenvalue weighted by atomic mass is 9.91. The first kappa shape index (κ1) is 35.9. The maximum absolute atomic E-state index is 13.6. The van der Waals surface area contributed by atoms with Gasteiger partial charge in [0.1, 0.15) is 23.9 Å². The first-order valence-electron chi connectivity index (χ1n) is 13.7. The number of carbonyl (C=O) groups excluding carboxylic acids is 6. The number of rotatable bonds is 13. The summed E-state index contributed by atoms with van der Waals surface area (Å²) in [5.74, 6) is -2.51. The van der Waals surface area contributed by atoms with Crippen molar-refractivity contribution < 1.29 is 43.0 Å². The van der Waals surface area contributed by atoms with Crippen molar-refractivity contribution in [2.24, 2.45) is 5.41 Å². The third-order valence-corrected chi connectivity index (χ3v) is 8.93. The summed E-state index contributed by atoms with van der Waals surface area (Å²) in [5, 5.41) is 5.43. The number of ether oxygens (including phenoxy) is 3. The van der Waals surface area contributed by atoms with Crippen LogP contribution in [0.4, 0.5) is 0 Å². The second kappa shape index (κ2) is 16.6. The predicted molar refractivity (Wildman–Crippen MR) is 163 cm³/mol. The van der Waals surface area contributed by atoms with Crippen LogP contribution in [0.2, 0.25) is 0 Å². The average Bonchev–Trinajstić information content (AvgIpc) is 3.38. The molecule has 3 amide bonds. The van der Waals surface area contributed by atoms with Gasteiger partial charge in [-0.2, -0.15) is 0 Å². The minimum absolute atomic E-state index is 0.0987. The van der Waals surface area contributed by atoms with Gasteiger partial charge in [-0.05, 0) is 29.5 Å². The second-order valence-electron chi connectivity index (χ2n) is 11.2. The van der Waals surface area contributed by atoms with Crippen LogP contribution in [0.25, 0.3) is 0 Å². The fraction of sp³-hybridized carbons (Fsp3) is 0.586. The maximum atomic E-state index is 13.6. The van der Waals surface area contributed by atoms with Gasteiger partial charge in [0.25, 0.3) is 0 Å². The summed E-state index contributed by atoms with van der Waals surface area (Å²) in [6.07, 6.45) is 0.748. The molecule has 12 nitrogen and oxygen atoms in total. The van der Waals surface area contributed by atoms with Crippen LogP contribution in [-0.2, 0) is 38.2 Å². The van der Waals surface area contributed by atoms with Gasteiger partial charge in [0.15, 0.2) is 0 Å². The molecular weight excluding hydrogens is 598 g/mol. The third kappa shape index (κ3) is 11.4. The van der Waals surface area contributed by atoms with Crippen molar-refractivity contribution in [2.45, 2.75) is 71.5 Å². The second-order valence-corrected chi connectivity index (χ2v) is 13.8. The first-order chi connectivity index (χ1) is 20.2. The smallest absolute Gasteiger partial charge is 0.329 e. The summed E-state index contributed by atoms with van der Waals surface area (Å²) in [6, 6.07) is 3.94. The Morgan fingerprint density at radius 2 is 1.44 bits per heavy atom. The van der Waals surface area contributed by atoms with Crippen LogP contribution < -0.4 is 15.4 Å². The van der Waals surface area contributed by atoms with Gasteiger partial charge in [0, 0.05) is 44.2 Å². The van der Waals surface area contributed by atoms with Crippen molar-refractivity contribution in [3.8, 4) is 5.75 Å². The number of carbonyl (C=O) groups is 6. The Morgan fingerprint density at radius 3 is 1.91 bits per heavy atom. The first-order valence-corrected chi connectivity index (χ1v) is 16.2. The number of benzene rings is 1. The Kier molecular flexibility index (Phi) is 13.8. The molecule has 1 heterocycles. The molecule has 0 aliphatic carbocycles. The van der Waals surface area contributed by atoms with Gasteiger partial charge in [-0.25, -0.2) is 9.59 Å². The molecule has 43 heavy (non-hydrogen) atoms. The number of methoxy groups -OCH3 is 2. The zero-order chi connectivity index (χ0) is 32.3. The van der Waals surface area contributed by atoms with Crippen LogP contribution in [0, 0.1) is 5.41 Å². The molecule has 1 saturated heterocycles. The van der Waals surface area contributed by atoms with Crippen LogP contribution in [-0.4, -0.2) is 90.9 Å². The normalized spacial score (nSPS) is 17.8. The molecule has 1 aliphatic rings. The number of hydrogen-bond acceptors (Lipinski definition) is 11. The molecule has 14 heteroatoms. The SMILES string of the molecule is COC(=O)[C@H](CSSC[C@H](NC(=O)[C@@H]1[C@@H](c2ccc(OC(C)=O)cc2)CCN1C(C)=O)C(=O)OC)NC(=O)CC(C)(C)C. The minimum Gasteiger partial charge on any atom is -0.467 e. The van der Waals surface area contributed by atoms with Crippen molar-refractivity contribution in [1.29, 1.82) is 0 Å². The van der Waals surface area contributed by atoms with Crippen LogP contribution >= 0.6 is 21.6 Å². The number of nitrogens with zero attached hydrogens (tertiary/aromatic N) is 1. The predicted octanol–water partition coefficient (Wildman–Crippen LogP) is 2.45. The molecule has 1 aliphatic heterocycles.